The van der Waals surface area contributed by atoms with Crippen molar-refractivity contribution in [3.05, 3.63) is 60.6 Å². The Labute approximate surface area is 154 Å². The third-order valence-electron chi connectivity index (χ3n) is 2.84. The number of aliphatic hydroxyl groups is 1. The molecular weight excluding hydrogens is 356 g/mol. The van der Waals surface area contributed by atoms with E-state index in [2.05, 4.69) is 18.5 Å². The summed E-state index contributed by atoms with van der Waals surface area (Å²) in [7, 11) is -4.20. The molecule has 0 aromatic heterocycles. The van der Waals surface area contributed by atoms with Gasteiger partial charge in [0.1, 0.15) is 22.2 Å². The van der Waals surface area contributed by atoms with Crippen LogP contribution in [0.3, 0.4) is 0 Å². The van der Waals surface area contributed by atoms with Crippen LogP contribution >= 0.6 is 0 Å². The summed E-state index contributed by atoms with van der Waals surface area (Å²) in [6, 6.07) is 3.62. The van der Waals surface area contributed by atoms with Crippen molar-refractivity contribution in [2.24, 2.45) is 0 Å². The highest BCUT2D eigenvalue weighted by molar-refractivity contribution is 7.90. The smallest absolute Gasteiger partial charge is 0.329 e. The molecule has 0 aliphatic rings. The molecule has 142 valence electrons. The highest BCUT2D eigenvalue weighted by atomic mass is 32.2. The third-order valence-corrected chi connectivity index (χ3v) is 4.19. The van der Waals surface area contributed by atoms with Crippen LogP contribution in [0, 0.1) is 6.92 Å². The quantitative estimate of drug-likeness (QED) is 0.519. The number of urea groups is 1. The van der Waals surface area contributed by atoms with E-state index in [0.29, 0.717) is 5.56 Å². The van der Waals surface area contributed by atoms with Crippen molar-refractivity contribution >= 4 is 16.1 Å². The molecule has 0 heterocycles. The summed E-state index contributed by atoms with van der Waals surface area (Å²) in [5.74, 6) is -0.213. The first-order valence-electron chi connectivity index (χ1n) is 7.69. The number of benzene rings is 1. The number of carbonyl (C=O) groups is 1. The van der Waals surface area contributed by atoms with Crippen molar-refractivity contribution in [1.82, 2.24) is 10.0 Å². The lowest BCUT2D eigenvalue weighted by atomic mass is 10.1. The minimum absolute atomic E-state index is 0.0286. The van der Waals surface area contributed by atoms with Gasteiger partial charge in [0.15, 0.2) is 0 Å². The predicted molar refractivity (Wildman–Crippen MR) is 100 cm³/mol. The summed E-state index contributed by atoms with van der Waals surface area (Å²) in [4.78, 5) is 11.7. The number of hydrogen-bond donors (Lipinski definition) is 3. The molecule has 1 aromatic rings. The molecule has 3 N–H and O–H groups in total. The van der Waals surface area contributed by atoms with Gasteiger partial charge < -0.3 is 15.2 Å². The fourth-order valence-electron chi connectivity index (χ4n) is 1.87. The standard InChI is InChI=1S/C18H24N2O5S/c1-7-14(11-13(3)21)25-15-9-8-12(2)10-16(15)26(23,24)20-17(22)19-18(4,5)6/h7-11,21H,1,3H2,2,4-6H3,(H2,19,20,22)/b14-11+. The number of hydrogen-bond acceptors (Lipinski definition) is 5. The molecule has 8 heteroatoms. The van der Waals surface area contributed by atoms with E-state index >= 15 is 0 Å². The van der Waals surface area contributed by atoms with Crippen LogP contribution in [0.1, 0.15) is 26.3 Å². The van der Waals surface area contributed by atoms with Crippen LogP contribution in [0.4, 0.5) is 4.79 Å². The van der Waals surface area contributed by atoms with Crippen LogP contribution in [-0.2, 0) is 10.0 Å². The zero-order valence-corrected chi connectivity index (χ0v) is 16.1. The maximum absolute atomic E-state index is 12.6. The fourth-order valence-corrected chi connectivity index (χ4v) is 2.99. The number of aryl methyl sites for hydroxylation is 1. The molecule has 0 aliphatic heterocycles. The Morgan fingerprint density at radius 3 is 2.42 bits per heavy atom. The van der Waals surface area contributed by atoms with Crippen molar-refractivity contribution < 1.29 is 23.1 Å². The minimum Gasteiger partial charge on any atom is -0.508 e. The molecule has 0 saturated carbocycles. The van der Waals surface area contributed by atoms with E-state index in [-0.39, 0.29) is 22.2 Å². The first-order valence-corrected chi connectivity index (χ1v) is 9.18. The lowest BCUT2D eigenvalue weighted by Gasteiger charge is -2.21. The molecule has 2 amide bonds. The summed E-state index contributed by atoms with van der Waals surface area (Å²) in [5.41, 5.74) is 0.0517. The van der Waals surface area contributed by atoms with Crippen molar-refractivity contribution in [3.63, 3.8) is 0 Å². The Kier molecular flexibility index (Phi) is 6.63. The van der Waals surface area contributed by atoms with Gasteiger partial charge in [0.2, 0.25) is 0 Å². The SMILES string of the molecule is C=C/C(=C\C(=C)O)Oc1ccc(C)cc1S(=O)(=O)NC(=O)NC(C)(C)C. The Balaban J connectivity index is 3.26. The van der Waals surface area contributed by atoms with Gasteiger partial charge in [-0.3, -0.25) is 0 Å². The van der Waals surface area contributed by atoms with Crippen LogP contribution in [0.5, 0.6) is 5.75 Å². The van der Waals surface area contributed by atoms with Gasteiger partial charge in [0, 0.05) is 11.6 Å². The van der Waals surface area contributed by atoms with E-state index in [1.807, 2.05) is 4.72 Å². The molecule has 0 bridgehead atoms. The van der Waals surface area contributed by atoms with Crippen molar-refractivity contribution in [2.45, 2.75) is 38.1 Å². The number of rotatable bonds is 6. The molecule has 0 aliphatic carbocycles. The third kappa shape index (κ3) is 6.64. The second-order valence-corrected chi connectivity index (χ2v) is 8.25. The lowest BCUT2D eigenvalue weighted by Crippen LogP contribution is -2.48. The maximum atomic E-state index is 12.6. The summed E-state index contributed by atoms with van der Waals surface area (Å²) in [6.45, 7) is 13.7. The Bertz CT molecular complexity index is 849. The van der Waals surface area contributed by atoms with E-state index in [0.717, 1.165) is 0 Å². The van der Waals surface area contributed by atoms with Gasteiger partial charge in [-0.1, -0.05) is 19.2 Å². The van der Waals surface area contributed by atoms with Crippen molar-refractivity contribution in [3.8, 4) is 5.75 Å². The number of allylic oxidation sites excluding steroid dienone is 2. The second-order valence-electron chi connectivity index (χ2n) is 6.60. The Morgan fingerprint density at radius 1 is 1.31 bits per heavy atom. The normalized spacial score (nSPS) is 12.2. The Hall–Kier alpha value is -2.74. The minimum atomic E-state index is -4.20. The first kappa shape index (κ1) is 21.3. The Morgan fingerprint density at radius 2 is 1.92 bits per heavy atom. The number of carbonyl (C=O) groups excluding carboxylic acids is 1. The molecule has 1 aromatic carbocycles. The first-order chi connectivity index (χ1) is 11.8. The topological polar surface area (TPSA) is 105 Å². The zero-order valence-electron chi connectivity index (χ0n) is 15.3. The number of aliphatic hydroxyl groups excluding tert-OH is 1. The molecule has 0 unspecified atom stereocenters. The number of ether oxygens (including phenoxy) is 1. The van der Waals surface area contributed by atoms with Gasteiger partial charge in [-0.05, 0) is 51.5 Å². The molecule has 0 radical (unpaired) electrons. The highest BCUT2D eigenvalue weighted by Gasteiger charge is 2.25. The van der Waals surface area contributed by atoms with Gasteiger partial charge in [0.25, 0.3) is 10.0 Å². The van der Waals surface area contributed by atoms with E-state index in [9.17, 15) is 18.3 Å². The average molecular weight is 380 g/mol. The van der Waals surface area contributed by atoms with Gasteiger partial charge in [-0.2, -0.15) is 0 Å². The number of amides is 2. The zero-order chi connectivity index (χ0) is 20.1. The summed E-state index contributed by atoms with van der Waals surface area (Å²) in [6.07, 6.45) is 2.47. The molecule has 26 heavy (non-hydrogen) atoms. The van der Waals surface area contributed by atoms with Gasteiger partial charge in [-0.15, -0.1) is 0 Å². The molecule has 1 rings (SSSR count). The van der Waals surface area contributed by atoms with Crippen LogP contribution in [0.25, 0.3) is 0 Å². The predicted octanol–water partition coefficient (Wildman–Crippen LogP) is 3.30. The lowest BCUT2D eigenvalue weighted by molar-refractivity contribution is 0.237. The highest BCUT2D eigenvalue weighted by Crippen LogP contribution is 2.27. The van der Waals surface area contributed by atoms with Crippen molar-refractivity contribution in [1.29, 1.82) is 0 Å². The van der Waals surface area contributed by atoms with E-state index < -0.39 is 21.6 Å². The molecule has 0 fully saturated rings. The van der Waals surface area contributed by atoms with Crippen LogP contribution < -0.4 is 14.8 Å². The average Bonchev–Trinajstić information content (AvgIpc) is 2.44. The summed E-state index contributed by atoms with van der Waals surface area (Å²) in [5, 5.41) is 11.8. The van der Waals surface area contributed by atoms with E-state index in [1.54, 1.807) is 33.8 Å². The summed E-state index contributed by atoms with van der Waals surface area (Å²) < 4.78 is 32.7. The van der Waals surface area contributed by atoms with Crippen molar-refractivity contribution in [2.75, 3.05) is 0 Å². The van der Waals surface area contributed by atoms with Gasteiger partial charge in [-0.25, -0.2) is 17.9 Å². The monoisotopic (exact) mass is 380 g/mol. The van der Waals surface area contributed by atoms with Gasteiger partial charge in [0.05, 0.1) is 0 Å². The molecule has 0 saturated heterocycles. The van der Waals surface area contributed by atoms with Crippen LogP contribution in [0.2, 0.25) is 0 Å². The molecule has 0 spiro atoms. The number of sulfonamides is 1. The largest absolute Gasteiger partial charge is 0.508 e. The van der Waals surface area contributed by atoms with Crippen LogP contribution in [0.15, 0.2) is 59.9 Å². The summed E-state index contributed by atoms with van der Waals surface area (Å²) >= 11 is 0. The van der Waals surface area contributed by atoms with E-state index in [4.69, 9.17) is 4.74 Å². The molecule has 0 atom stereocenters. The van der Waals surface area contributed by atoms with Gasteiger partial charge >= 0.3 is 6.03 Å². The number of nitrogens with one attached hydrogen (secondary N) is 2. The van der Waals surface area contributed by atoms with E-state index in [1.165, 1.54) is 24.3 Å². The van der Waals surface area contributed by atoms with Crippen LogP contribution in [-0.4, -0.2) is 25.1 Å². The molecular formula is C18H24N2O5S. The maximum Gasteiger partial charge on any atom is 0.329 e. The second kappa shape index (κ2) is 8.09. The fraction of sp³-hybridized carbons (Fsp3) is 0.278. The molecule has 7 nitrogen and oxygen atoms in total.